The lowest BCUT2D eigenvalue weighted by Gasteiger charge is -2.23. The van der Waals surface area contributed by atoms with Crippen LogP contribution in [0.2, 0.25) is 0 Å². The average molecular weight is 352 g/mol. The van der Waals surface area contributed by atoms with Crippen LogP contribution in [-0.2, 0) is 4.79 Å². The molecule has 0 spiro atoms. The highest BCUT2D eigenvalue weighted by molar-refractivity contribution is 5.99. The molecule has 1 aliphatic carbocycles. The van der Waals surface area contributed by atoms with E-state index in [4.69, 9.17) is 18.9 Å². The molecule has 0 radical (unpaired) electrons. The molecule has 0 saturated carbocycles. The van der Waals surface area contributed by atoms with Gasteiger partial charge in [0.05, 0.1) is 14.2 Å². The standard InChI is InChI=1S/C21H20O5/c1-23-18-5-3-13(10-20(18)24-2)15-7-16(9-17(22)8-15)14-4-6-19-21(11-14)26-12-25-19/h3-6,9-11,15H,7-8,12H2,1-2H3/t15-/m1/s1. The van der Waals surface area contributed by atoms with E-state index in [1.165, 1.54) is 0 Å². The monoisotopic (exact) mass is 352 g/mol. The van der Waals surface area contributed by atoms with Crippen molar-refractivity contribution in [3.8, 4) is 23.0 Å². The Morgan fingerprint density at radius 1 is 0.923 bits per heavy atom. The fourth-order valence-corrected chi connectivity index (χ4v) is 3.53. The lowest BCUT2D eigenvalue weighted by molar-refractivity contribution is -0.115. The van der Waals surface area contributed by atoms with Crippen molar-refractivity contribution in [1.29, 1.82) is 0 Å². The zero-order valence-electron chi connectivity index (χ0n) is 14.8. The molecule has 134 valence electrons. The summed E-state index contributed by atoms with van der Waals surface area (Å²) in [5.41, 5.74) is 3.08. The summed E-state index contributed by atoms with van der Waals surface area (Å²) in [6.07, 6.45) is 3.01. The van der Waals surface area contributed by atoms with E-state index >= 15 is 0 Å². The van der Waals surface area contributed by atoms with Crippen molar-refractivity contribution < 1.29 is 23.7 Å². The maximum atomic E-state index is 12.4. The molecule has 2 aliphatic rings. The van der Waals surface area contributed by atoms with Crippen molar-refractivity contribution in [2.45, 2.75) is 18.8 Å². The second kappa shape index (κ2) is 6.75. The first kappa shape index (κ1) is 16.5. The number of hydrogen-bond donors (Lipinski definition) is 0. The van der Waals surface area contributed by atoms with Gasteiger partial charge in [-0.25, -0.2) is 0 Å². The van der Waals surface area contributed by atoms with Crippen LogP contribution in [0.1, 0.15) is 29.9 Å². The van der Waals surface area contributed by atoms with Crippen LogP contribution in [0.15, 0.2) is 42.5 Å². The fourth-order valence-electron chi connectivity index (χ4n) is 3.53. The van der Waals surface area contributed by atoms with E-state index in [1.807, 2.05) is 36.4 Å². The minimum absolute atomic E-state index is 0.104. The van der Waals surface area contributed by atoms with Crippen molar-refractivity contribution in [3.63, 3.8) is 0 Å². The van der Waals surface area contributed by atoms with Crippen molar-refractivity contribution in [3.05, 3.63) is 53.6 Å². The van der Waals surface area contributed by atoms with Crippen LogP contribution < -0.4 is 18.9 Å². The van der Waals surface area contributed by atoms with Gasteiger partial charge >= 0.3 is 0 Å². The number of allylic oxidation sites excluding steroid dienone is 2. The lowest BCUT2D eigenvalue weighted by atomic mass is 9.81. The van der Waals surface area contributed by atoms with Gasteiger partial charge in [0.1, 0.15) is 0 Å². The molecule has 0 aromatic heterocycles. The van der Waals surface area contributed by atoms with Crippen molar-refractivity contribution in [2.24, 2.45) is 0 Å². The minimum atomic E-state index is 0.104. The van der Waals surface area contributed by atoms with E-state index in [1.54, 1.807) is 20.3 Å². The van der Waals surface area contributed by atoms with Crippen molar-refractivity contribution in [1.82, 2.24) is 0 Å². The molecule has 0 bridgehead atoms. The van der Waals surface area contributed by atoms with Crippen LogP contribution >= 0.6 is 0 Å². The molecule has 5 heteroatoms. The van der Waals surface area contributed by atoms with Gasteiger partial charge < -0.3 is 18.9 Å². The lowest BCUT2D eigenvalue weighted by Crippen LogP contribution is -2.12. The number of rotatable bonds is 4. The van der Waals surface area contributed by atoms with Crippen LogP contribution in [0.3, 0.4) is 0 Å². The van der Waals surface area contributed by atoms with Crippen molar-refractivity contribution in [2.75, 3.05) is 21.0 Å². The first-order valence-electron chi connectivity index (χ1n) is 8.53. The quantitative estimate of drug-likeness (QED) is 0.834. The van der Waals surface area contributed by atoms with E-state index in [2.05, 4.69) is 0 Å². The molecular weight excluding hydrogens is 332 g/mol. The highest BCUT2D eigenvalue weighted by Gasteiger charge is 2.25. The Morgan fingerprint density at radius 2 is 1.73 bits per heavy atom. The number of hydrogen-bond acceptors (Lipinski definition) is 5. The summed E-state index contributed by atoms with van der Waals surface area (Å²) in [4.78, 5) is 12.4. The number of ether oxygens (including phenoxy) is 4. The van der Waals surface area contributed by atoms with Gasteiger partial charge in [0, 0.05) is 6.42 Å². The van der Waals surface area contributed by atoms with Gasteiger partial charge in [-0.15, -0.1) is 0 Å². The minimum Gasteiger partial charge on any atom is -0.493 e. The summed E-state index contributed by atoms with van der Waals surface area (Å²) in [5, 5.41) is 0. The second-order valence-electron chi connectivity index (χ2n) is 6.42. The molecule has 4 rings (SSSR count). The highest BCUT2D eigenvalue weighted by atomic mass is 16.7. The zero-order valence-corrected chi connectivity index (χ0v) is 14.8. The molecule has 0 unspecified atom stereocenters. The topological polar surface area (TPSA) is 54.0 Å². The highest BCUT2D eigenvalue weighted by Crippen LogP contribution is 2.41. The normalized spacial score (nSPS) is 18.5. The summed E-state index contributed by atoms with van der Waals surface area (Å²) in [7, 11) is 3.23. The van der Waals surface area contributed by atoms with Crippen molar-refractivity contribution >= 4 is 11.4 Å². The number of fused-ring (bicyclic) bond motifs is 1. The van der Waals surface area contributed by atoms with Crippen LogP contribution in [0.5, 0.6) is 23.0 Å². The van der Waals surface area contributed by atoms with E-state index in [0.29, 0.717) is 17.9 Å². The summed E-state index contributed by atoms with van der Waals surface area (Å²) in [5.74, 6) is 3.06. The Kier molecular flexibility index (Phi) is 4.29. The van der Waals surface area contributed by atoms with Crippen LogP contribution in [-0.4, -0.2) is 26.8 Å². The second-order valence-corrected chi connectivity index (χ2v) is 6.42. The maximum absolute atomic E-state index is 12.4. The third-order valence-corrected chi connectivity index (χ3v) is 4.87. The Balaban J connectivity index is 1.63. The Labute approximate surface area is 152 Å². The number of benzene rings is 2. The Bertz CT molecular complexity index is 884. The van der Waals surface area contributed by atoms with Crippen LogP contribution in [0, 0.1) is 0 Å². The van der Waals surface area contributed by atoms with Gasteiger partial charge in [-0.1, -0.05) is 12.1 Å². The largest absolute Gasteiger partial charge is 0.493 e. The maximum Gasteiger partial charge on any atom is 0.231 e. The smallest absolute Gasteiger partial charge is 0.231 e. The van der Waals surface area contributed by atoms with E-state index in [9.17, 15) is 4.79 Å². The molecule has 26 heavy (non-hydrogen) atoms. The summed E-state index contributed by atoms with van der Waals surface area (Å²) in [6, 6.07) is 11.7. The molecule has 1 aliphatic heterocycles. The SMILES string of the molecule is COc1ccc([C@H]2CC(=O)C=C(c3ccc4c(c3)OCO4)C2)cc1OC. The van der Waals surface area contributed by atoms with Gasteiger partial charge in [0.2, 0.25) is 6.79 Å². The summed E-state index contributed by atoms with van der Waals surface area (Å²) >= 11 is 0. The molecule has 0 N–H and O–H groups in total. The summed E-state index contributed by atoms with van der Waals surface area (Å²) < 4.78 is 21.5. The number of carbonyl (C=O) groups is 1. The Hall–Kier alpha value is -2.95. The zero-order chi connectivity index (χ0) is 18.1. The molecule has 5 nitrogen and oxygen atoms in total. The number of ketones is 1. The molecule has 0 fully saturated rings. The Morgan fingerprint density at radius 3 is 2.54 bits per heavy atom. The van der Waals surface area contributed by atoms with Gasteiger partial charge in [0.25, 0.3) is 0 Å². The van der Waals surface area contributed by atoms with Crippen LogP contribution in [0.25, 0.3) is 5.57 Å². The first-order valence-corrected chi connectivity index (χ1v) is 8.53. The number of methoxy groups -OCH3 is 2. The molecule has 1 heterocycles. The van der Waals surface area contributed by atoms with Gasteiger partial charge in [-0.05, 0) is 59.4 Å². The average Bonchev–Trinajstić information content (AvgIpc) is 3.14. The first-order chi connectivity index (χ1) is 12.7. The van der Waals surface area contributed by atoms with Gasteiger partial charge in [-0.2, -0.15) is 0 Å². The fraction of sp³-hybridized carbons (Fsp3) is 0.286. The molecule has 0 saturated heterocycles. The number of carbonyl (C=O) groups excluding carboxylic acids is 1. The predicted molar refractivity (Wildman–Crippen MR) is 97.1 cm³/mol. The van der Waals surface area contributed by atoms with Gasteiger partial charge in [-0.3, -0.25) is 4.79 Å². The molecule has 1 atom stereocenters. The predicted octanol–water partition coefficient (Wildman–Crippen LogP) is 3.96. The molecule has 2 aromatic rings. The third-order valence-electron chi connectivity index (χ3n) is 4.87. The van der Waals surface area contributed by atoms with Crippen LogP contribution in [0.4, 0.5) is 0 Å². The van der Waals surface area contributed by atoms with Gasteiger partial charge in [0.15, 0.2) is 28.8 Å². The van der Waals surface area contributed by atoms with E-state index in [-0.39, 0.29) is 18.5 Å². The molecular formula is C21H20O5. The molecule has 2 aromatic carbocycles. The molecule has 0 amide bonds. The van der Waals surface area contributed by atoms with E-state index in [0.717, 1.165) is 34.6 Å². The third kappa shape index (κ3) is 3.01. The summed E-state index contributed by atoms with van der Waals surface area (Å²) in [6.45, 7) is 0.241. The van der Waals surface area contributed by atoms with E-state index < -0.39 is 0 Å².